The molecule has 1 heterocycles. The van der Waals surface area contributed by atoms with Crippen molar-refractivity contribution in [3.05, 3.63) is 52.0 Å². The van der Waals surface area contributed by atoms with Crippen molar-refractivity contribution in [2.45, 2.75) is 13.2 Å². The number of aromatic nitrogens is 2. The van der Waals surface area contributed by atoms with E-state index in [-0.39, 0.29) is 5.28 Å². The predicted octanol–water partition coefficient (Wildman–Crippen LogP) is 3.51. The Morgan fingerprint density at radius 1 is 1.11 bits per heavy atom. The number of benzene rings is 1. The molecule has 0 aliphatic heterocycles. The SMILES string of the molecule is COc1ccc(COCc2cnc(Cl)nc2Cl)cc1. The first-order valence-corrected chi connectivity index (χ1v) is 6.32. The first-order chi connectivity index (χ1) is 9.19. The Morgan fingerprint density at radius 3 is 2.47 bits per heavy atom. The Hall–Kier alpha value is -1.36. The van der Waals surface area contributed by atoms with Gasteiger partial charge in [-0.05, 0) is 29.3 Å². The smallest absolute Gasteiger partial charge is 0.223 e. The lowest BCUT2D eigenvalue weighted by Crippen LogP contribution is -1.97. The molecule has 0 N–H and O–H groups in total. The third-order valence-corrected chi connectivity index (χ3v) is 2.98. The molecule has 0 saturated carbocycles. The van der Waals surface area contributed by atoms with Gasteiger partial charge < -0.3 is 9.47 Å². The standard InChI is InChI=1S/C13H12Cl2N2O2/c1-18-11-4-2-9(3-5-11)7-19-8-10-6-16-13(15)17-12(10)14/h2-6H,7-8H2,1H3. The molecule has 1 aromatic carbocycles. The summed E-state index contributed by atoms with van der Waals surface area (Å²) in [4.78, 5) is 7.71. The van der Waals surface area contributed by atoms with Crippen LogP contribution in [0.25, 0.3) is 0 Å². The van der Waals surface area contributed by atoms with Crippen molar-refractivity contribution in [1.82, 2.24) is 9.97 Å². The maximum Gasteiger partial charge on any atom is 0.223 e. The average Bonchev–Trinajstić information content (AvgIpc) is 2.42. The second kappa shape index (κ2) is 6.70. The largest absolute Gasteiger partial charge is 0.497 e. The van der Waals surface area contributed by atoms with Gasteiger partial charge in [0.2, 0.25) is 5.28 Å². The van der Waals surface area contributed by atoms with Crippen LogP contribution in [0.1, 0.15) is 11.1 Å². The molecule has 0 saturated heterocycles. The summed E-state index contributed by atoms with van der Waals surface area (Å²) in [6, 6.07) is 7.66. The van der Waals surface area contributed by atoms with E-state index in [1.165, 1.54) is 0 Å². The highest BCUT2D eigenvalue weighted by Gasteiger charge is 2.04. The molecular weight excluding hydrogens is 287 g/mol. The quantitative estimate of drug-likeness (QED) is 0.626. The first-order valence-electron chi connectivity index (χ1n) is 5.56. The maximum absolute atomic E-state index is 5.92. The zero-order valence-electron chi connectivity index (χ0n) is 10.3. The van der Waals surface area contributed by atoms with Gasteiger partial charge in [-0.3, -0.25) is 0 Å². The van der Waals surface area contributed by atoms with Crippen LogP contribution < -0.4 is 4.74 Å². The molecule has 0 radical (unpaired) electrons. The van der Waals surface area contributed by atoms with E-state index in [9.17, 15) is 0 Å². The molecular formula is C13H12Cl2N2O2. The monoisotopic (exact) mass is 298 g/mol. The average molecular weight is 299 g/mol. The number of nitrogens with zero attached hydrogens (tertiary/aromatic N) is 2. The molecule has 0 aliphatic rings. The lowest BCUT2D eigenvalue weighted by Gasteiger charge is -2.06. The van der Waals surface area contributed by atoms with Gasteiger partial charge in [-0.25, -0.2) is 9.97 Å². The van der Waals surface area contributed by atoms with Crippen molar-refractivity contribution in [2.24, 2.45) is 0 Å². The normalized spacial score (nSPS) is 10.5. The van der Waals surface area contributed by atoms with Crippen LogP contribution in [0.5, 0.6) is 5.75 Å². The molecule has 6 heteroatoms. The highest BCUT2D eigenvalue weighted by molar-refractivity contribution is 6.32. The molecule has 4 nitrogen and oxygen atoms in total. The topological polar surface area (TPSA) is 44.2 Å². The highest BCUT2D eigenvalue weighted by Crippen LogP contribution is 2.16. The van der Waals surface area contributed by atoms with E-state index in [2.05, 4.69) is 9.97 Å². The molecule has 0 unspecified atom stereocenters. The molecule has 1 aromatic heterocycles. The van der Waals surface area contributed by atoms with E-state index >= 15 is 0 Å². The van der Waals surface area contributed by atoms with E-state index in [1.54, 1.807) is 13.3 Å². The van der Waals surface area contributed by atoms with Crippen LogP contribution in [0.15, 0.2) is 30.5 Å². The summed E-state index contributed by atoms with van der Waals surface area (Å²) in [5.74, 6) is 0.817. The predicted molar refractivity (Wildman–Crippen MR) is 73.5 cm³/mol. The molecule has 0 spiro atoms. The minimum Gasteiger partial charge on any atom is -0.497 e. The van der Waals surface area contributed by atoms with Crippen molar-refractivity contribution in [1.29, 1.82) is 0 Å². The van der Waals surface area contributed by atoms with E-state index in [4.69, 9.17) is 32.7 Å². The summed E-state index contributed by atoms with van der Waals surface area (Å²) in [6.45, 7) is 0.810. The summed E-state index contributed by atoms with van der Waals surface area (Å²) < 4.78 is 10.6. The summed E-state index contributed by atoms with van der Waals surface area (Å²) >= 11 is 11.5. The van der Waals surface area contributed by atoms with Crippen LogP contribution in [0.3, 0.4) is 0 Å². The van der Waals surface area contributed by atoms with Gasteiger partial charge in [0.1, 0.15) is 10.9 Å². The highest BCUT2D eigenvalue weighted by atomic mass is 35.5. The fourth-order valence-corrected chi connectivity index (χ4v) is 1.82. The van der Waals surface area contributed by atoms with Crippen molar-refractivity contribution >= 4 is 23.2 Å². The molecule has 2 aromatic rings. The Morgan fingerprint density at radius 2 is 1.84 bits per heavy atom. The molecule has 19 heavy (non-hydrogen) atoms. The Bertz CT molecular complexity index is 547. The Kier molecular flexibility index (Phi) is 4.96. The molecule has 0 atom stereocenters. The molecule has 100 valence electrons. The molecule has 0 amide bonds. The zero-order chi connectivity index (χ0) is 13.7. The van der Waals surface area contributed by atoms with Crippen LogP contribution in [-0.4, -0.2) is 17.1 Å². The molecule has 0 fully saturated rings. The number of halogens is 2. The van der Waals surface area contributed by atoms with Gasteiger partial charge in [-0.15, -0.1) is 0 Å². The fourth-order valence-electron chi connectivity index (χ4n) is 1.46. The van der Waals surface area contributed by atoms with Crippen LogP contribution in [-0.2, 0) is 18.0 Å². The van der Waals surface area contributed by atoms with Crippen LogP contribution in [0.2, 0.25) is 10.4 Å². The zero-order valence-corrected chi connectivity index (χ0v) is 11.8. The maximum atomic E-state index is 5.92. The molecule has 0 bridgehead atoms. The van der Waals surface area contributed by atoms with Gasteiger partial charge in [-0.2, -0.15) is 0 Å². The number of methoxy groups -OCH3 is 1. The molecule has 0 aliphatic carbocycles. The van der Waals surface area contributed by atoms with Gasteiger partial charge in [-0.1, -0.05) is 23.7 Å². The summed E-state index contributed by atoms with van der Waals surface area (Å²) in [5.41, 5.74) is 1.76. The van der Waals surface area contributed by atoms with Gasteiger partial charge >= 0.3 is 0 Å². The van der Waals surface area contributed by atoms with Crippen LogP contribution in [0, 0.1) is 0 Å². The van der Waals surface area contributed by atoms with E-state index < -0.39 is 0 Å². The van der Waals surface area contributed by atoms with Gasteiger partial charge in [0, 0.05) is 11.8 Å². The van der Waals surface area contributed by atoms with E-state index in [0.717, 1.165) is 11.3 Å². The third-order valence-electron chi connectivity index (χ3n) is 2.47. The fraction of sp³-hybridized carbons (Fsp3) is 0.231. The van der Waals surface area contributed by atoms with Crippen molar-refractivity contribution < 1.29 is 9.47 Å². The second-order valence-electron chi connectivity index (χ2n) is 3.80. The van der Waals surface area contributed by atoms with Crippen molar-refractivity contribution in [3.8, 4) is 5.75 Å². The van der Waals surface area contributed by atoms with Gasteiger partial charge in [0.05, 0.1) is 20.3 Å². The van der Waals surface area contributed by atoms with Crippen molar-refractivity contribution in [2.75, 3.05) is 7.11 Å². The van der Waals surface area contributed by atoms with Crippen molar-refractivity contribution in [3.63, 3.8) is 0 Å². The first kappa shape index (κ1) is 14.1. The lowest BCUT2D eigenvalue weighted by molar-refractivity contribution is 0.107. The molecule has 2 rings (SSSR count). The third kappa shape index (κ3) is 4.06. The van der Waals surface area contributed by atoms with E-state index in [0.29, 0.717) is 23.9 Å². The van der Waals surface area contributed by atoms with Gasteiger partial charge in [0.25, 0.3) is 0 Å². The minimum absolute atomic E-state index is 0.129. The summed E-state index contributed by atoms with van der Waals surface area (Å²) in [5, 5.41) is 0.443. The summed E-state index contributed by atoms with van der Waals surface area (Å²) in [7, 11) is 1.63. The number of ether oxygens (including phenoxy) is 2. The van der Waals surface area contributed by atoms with Crippen LogP contribution >= 0.6 is 23.2 Å². The Balaban J connectivity index is 1.88. The number of hydrogen-bond acceptors (Lipinski definition) is 4. The minimum atomic E-state index is 0.129. The Labute approximate surface area is 121 Å². The number of rotatable bonds is 5. The van der Waals surface area contributed by atoms with E-state index in [1.807, 2.05) is 24.3 Å². The lowest BCUT2D eigenvalue weighted by atomic mass is 10.2. The number of hydrogen-bond donors (Lipinski definition) is 0. The second-order valence-corrected chi connectivity index (χ2v) is 4.49. The van der Waals surface area contributed by atoms with Crippen LogP contribution in [0.4, 0.5) is 0 Å². The summed E-state index contributed by atoms with van der Waals surface area (Å²) in [6.07, 6.45) is 1.56. The van der Waals surface area contributed by atoms with Gasteiger partial charge in [0.15, 0.2) is 0 Å².